The summed E-state index contributed by atoms with van der Waals surface area (Å²) in [5, 5.41) is 0. The molecule has 38 valence electrons. The van der Waals surface area contributed by atoms with E-state index in [1.165, 1.54) is 0 Å². The summed E-state index contributed by atoms with van der Waals surface area (Å²) in [5.41, 5.74) is 0. The van der Waals surface area contributed by atoms with Crippen molar-refractivity contribution >= 4 is 0 Å². The van der Waals surface area contributed by atoms with Crippen LogP contribution in [0.1, 0.15) is 0 Å². The van der Waals surface area contributed by atoms with Crippen LogP contribution in [-0.4, -0.2) is 0 Å². The molecule has 0 aliphatic rings. The van der Waals surface area contributed by atoms with E-state index in [1.807, 2.05) is 0 Å². The molecule has 0 unspecified atom stereocenters. The Hall–Kier alpha value is 0.114. The third-order valence-corrected chi connectivity index (χ3v) is 0.167. The Morgan fingerprint density at radius 3 is 1.00 bits per heavy atom. The number of rotatable bonds is 1. The van der Waals surface area contributed by atoms with Gasteiger partial charge in [-0.25, -0.2) is 0 Å². The van der Waals surface area contributed by atoms with Crippen molar-refractivity contribution in [1.29, 1.82) is 0 Å². The van der Waals surface area contributed by atoms with E-state index < -0.39 is 0 Å². The van der Waals surface area contributed by atoms with Crippen molar-refractivity contribution < 1.29 is 32.7 Å². The fraction of sp³-hybridized carbons (Fsp3) is 0. The molecule has 2 nitrogen and oxygen atoms in total. The minimum Gasteiger partial charge on any atom is -2.00 e. The molecule has 0 saturated carbocycles. The summed E-state index contributed by atoms with van der Waals surface area (Å²) in [5.74, 6) is 0. The van der Waals surface area contributed by atoms with Crippen LogP contribution in [0.2, 0.25) is 0 Å². The van der Waals surface area contributed by atoms with Crippen molar-refractivity contribution in [3.8, 4) is 0 Å². The second-order valence-corrected chi connectivity index (χ2v) is 0.471. The summed E-state index contributed by atoms with van der Waals surface area (Å²) in [7, 11) is 0. The Morgan fingerprint density at radius 2 is 1.00 bits per heavy atom. The average molecular weight is 134 g/mol. The van der Waals surface area contributed by atoms with Gasteiger partial charge >= 0.3 is 21.7 Å². The molecule has 0 aliphatic carbocycles. The average Bonchev–Trinajstić information content (AvgIpc) is 1.37. The van der Waals surface area contributed by atoms with Gasteiger partial charge in [0.15, 0.2) is 0 Å². The topological polar surface area (TPSA) is 57.0 Å². The third-order valence-electron chi connectivity index (χ3n) is 0.167. The largest absolute Gasteiger partial charge is 4.00 e. The van der Waals surface area contributed by atoms with Crippen LogP contribution in [0, 0.1) is 0 Å². The van der Waals surface area contributed by atoms with Gasteiger partial charge in [0, 0.05) is 0 Å². The van der Waals surface area contributed by atoms with E-state index in [0.717, 1.165) is 0 Å². The predicted octanol–water partition coefficient (Wildman–Crippen LogP) is 1.12. The number of hydrogen-bond donors (Lipinski definition) is 0. The molecule has 0 aliphatic heterocycles. The molecule has 0 amide bonds. The minimum atomic E-state index is 0. The van der Waals surface area contributed by atoms with Crippen LogP contribution in [0.4, 0.5) is 0 Å². The summed E-state index contributed by atoms with van der Waals surface area (Å²) in [6.07, 6.45) is 3.28. The van der Waals surface area contributed by atoms with Gasteiger partial charge in [0.1, 0.15) is 0 Å². The molecule has 0 bridgehead atoms. The molecular weight excluding hydrogens is 128 g/mol. The zero-order valence-corrected chi connectivity index (χ0v) is 5.45. The first kappa shape index (κ1) is 27.4. The van der Waals surface area contributed by atoms with E-state index in [2.05, 4.69) is 13.2 Å². The number of hydrogen-bond acceptors (Lipinski definition) is 0. The molecule has 0 fully saturated rings. The van der Waals surface area contributed by atoms with Gasteiger partial charge in [-0.05, 0) is 0 Å². The van der Waals surface area contributed by atoms with Gasteiger partial charge in [0.25, 0.3) is 0 Å². The Balaban J connectivity index is -0.0000000150. The van der Waals surface area contributed by atoms with Gasteiger partial charge in [0.05, 0.1) is 0 Å². The Labute approximate surface area is 58.4 Å². The Morgan fingerprint density at radius 1 is 0.857 bits per heavy atom. The summed E-state index contributed by atoms with van der Waals surface area (Å²) < 4.78 is 0. The van der Waals surface area contributed by atoms with E-state index >= 15 is 0 Å². The number of allylic oxidation sites excluding steroid dienone is 2. The van der Waals surface area contributed by atoms with Gasteiger partial charge in [0.2, 0.25) is 0 Å². The first-order valence-corrected chi connectivity index (χ1v) is 1.15. The second-order valence-electron chi connectivity index (χ2n) is 0.471. The fourth-order valence-electron chi connectivity index (χ4n) is 0. The molecule has 0 aromatic rings. The zero-order chi connectivity index (χ0) is 3.41. The molecule has 0 aromatic heterocycles. The molecule has 0 aromatic carbocycles. The van der Waals surface area contributed by atoms with E-state index in [1.54, 1.807) is 12.2 Å². The van der Waals surface area contributed by atoms with Crippen molar-refractivity contribution in [2.45, 2.75) is 0 Å². The van der Waals surface area contributed by atoms with Gasteiger partial charge in [-0.2, -0.15) is 0 Å². The van der Waals surface area contributed by atoms with Crippen molar-refractivity contribution in [3.63, 3.8) is 0 Å². The van der Waals surface area contributed by atoms with Crippen molar-refractivity contribution in [2.24, 2.45) is 0 Å². The van der Waals surface area contributed by atoms with Crippen LogP contribution in [-0.2, 0) is 32.7 Å². The van der Waals surface area contributed by atoms with E-state index in [0.29, 0.717) is 0 Å². The molecule has 3 heteroatoms. The summed E-state index contributed by atoms with van der Waals surface area (Å²) in [6, 6.07) is 0. The Bertz CT molecular complexity index is 30.7. The first-order chi connectivity index (χ1) is 1.91. The summed E-state index contributed by atoms with van der Waals surface area (Å²) in [4.78, 5) is 0. The maximum atomic E-state index is 3.36. The molecule has 0 saturated heterocycles. The molecule has 0 N–H and O–H groups in total. The summed E-state index contributed by atoms with van der Waals surface area (Å²) in [6.45, 7) is 6.72. The van der Waals surface area contributed by atoms with Crippen molar-refractivity contribution in [3.05, 3.63) is 25.3 Å². The second kappa shape index (κ2) is 35.8. The fourth-order valence-corrected chi connectivity index (χ4v) is 0. The van der Waals surface area contributed by atoms with Gasteiger partial charge in [-0.3, -0.25) is 0 Å². The first-order valence-electron chi connectivity index (χ1n) is 1.15. The van der Waals surface area contributed by atoms with Crippen molar-refractivity contribution in [1.82, 2.24) is 0 Å². The monoisotopic (exact) mass is 134 g/mol. The van der Waals surface area contributed by atoms with Crippen LogP contribution in [0.3, 0.4) is 0 Å². The van der Waals surface area contributed by atoms with Crippen LogP contribution in [0.5, 0.6) is 0 Å². The molecule has 0 spiro atoms. The summed E-state index contributed by atoms with van der Waals surface area (Å²) >= 11 is 0. The Kier molecular flexibility index (Phi) is 140. The zero-order valence-electron chi connectivity index (χ0n) is 3.89. The van der Waals surface area contributed by atoms with E-state index in [4.69, 9.17) is 0 Å². The van der Waals surface area contributed by atoms with E-state index in [9.17, 15) is 0 Å². The molecule has 7 heavy (non-hydrogen) atoms. The third kappa shape index (κ3) is 83.4. The quantitative estimate of drug-likeness (QED) is 0.381. The molecule has 0 atom stereocenters. The van der Waals surface area contributed by atoms with Gasteiger partial charge in [-0.1, -0.05) is 25.3 Å². The van der Waals surface area contributed by atoms with Crippen LogP contribution in [0.15, 0.2) is 25.3 Å². The maximum Gasteiger partial charge on any atom is 4.00 e. The normalized spacial score (nSPS) is 2.86. The smallest absolute Gasteiger partial charge is 2.00 e. The van der Waals surface area contributed by atoms with Crippen LogP contribution >= 0.6 is 0 Å². The van der Waals surface area contributed by atoms with Gasteiger partial charge in [-0.15, -0.1) is 0 Å². The van der Waals surface area contributed by atoms with Gasteiger partial charge < -0.3 is 11.0 Å². The molecular formula is C4H6O2Ti. The maximum absolute atomic E-state index is 3.36. The SMILES string of the molecule is C=CC=C.[O-2].[O-2].[Ti+4]. The molecule has 0 rings (SSSR count). The predicted molar refractivity (Wildman–Crippen MR) is 21.8 cm³/mol. The van der Waals surface area contributed by atoms with E-state index in [-0.39, 0.29) is 32.7 Å². The minimum absolute atomic E-state index is 0. The molecule has 0 radical (unpaired) electrons. The molecule has 0 heterocycles. The van der Waals surface area contributed by atoms with Crippen LogP contribution in [0.25, 0.3) is 0 Å². The van der Waals surface area contributed by atoms with Crippen LogP contribution < -0.4 is 0 Å². The standard InChI is InChI=1S/C4H6.2O.Ti/c1-3-4-2;;;/h3-4H,1-2H2;;;/q;2*-2;+4. The van der Waals surface area contributed by atoms with Crippen molar-refractivity contribution in [2.75, 3.05) is 0 Å².